The average Bonchev–Trinajstić information content (AvgIpc) is 2.45. The van der Waals surface area contributed by atoms with Gasteiger partial charge in [-0.25, -0.2) is 0 Å². The second-order valence-corrected chi connectivity index (χ2v) is 3.52. The molecule has 0 saturated heterocycles. The van der Waals surface area contributed by atoms with Gasteiger partial charge in [0, 0.05) is 25.7 Å². The molecule has 1 aromatic heterocycles. The molecule has 68 valence electrons. The zero-order valence-corrected chi connectivity index (χ0v) is 8.28. The number of para-hydroxylation sites is 1. The molecule has 2 nitrogen and oxygen atoms in total. The zero-order chi connectivity index (χ0) is 9.42. The molecule has 2 aromatic rings. The third-order valence-corrected chi connectivity index (χ3v) is 2.32. The van der Waals surface area contributed by atoms with Crippen molar-refractivity contribution in [1.82, 2.24) is 4.68 Å². The van der Waals surface area contributed by atoms with Gasteiger partial charge in [-0.3, -0.25) is 4.68 Å². The fourth-order valence-electron chi connectivity index (χ4n) is 1.66. The first-order chi connectivity index (χ1) is 6.20. The molecule has 0 atom stereocenters. The van der Waals surface area contributed by atoms with Crippen molar-refractivity contribution in [3.05, 3.63) is 36.0 Å². The van der Waals surface area contributed by atoms with E-state index in [0.717, 1.165) is 0 Å². The molecule has 0 aliphatic heterocycles. The number of aromatic nitrogens is 1. The van der Waals surface area contributed by atoms with Crippen LogP contribution in [0.2, 0.25) is 0 Å². The van der Waals surface area contributed by atoms with Crippen LogP contribution in [0.25, 0.3) is 10.9 Å². The molecule has 0 fully saturated rings. The predicted molar refractivity (Wildman–Crippen MR) is 56.7 cm³/mol. The lowest BCUT2D eigenvalue weighted by molar-refractivity contribution is 0.760. The number of aryl methyl sites for hydroxylation is 1. The van der Waals surface area contributed by atoms with Gasteiger partial charge in [-0.05, 0) is 18.6 Å². The van der Waals surface area contributed by atoms with Crippen LogP contribution in [0.5, 0.6) is 0 Å². The van der Waals surface area contributed by atoms with E-state index < -0.39 is 0 Å². The van der Waals surface area contributed by atoms with E-state index in [0.29, 0.717) is 0 Å². The van der Waals surface area contributed by atoms with Gasteiger partial charge in [0.2, 0.25) is 0 Å². The molecule has 0 radical (unpaired) electrons. The number of fused-ring (bicyclic) bond motifs is 1. The Hall–Kier alpha value is -1.44. The molecule has 2 rings (SSSR count). The van der Waals surface area contributed by atoms with Crippen molar-refractivity contribution in [2.24, 2.45) is 0 Å². The molecule has 2 heteroatoms. The van der Waals surface area contributed by atoms with Crippen molar-refractivity contribution in [3.63, 3.8) is 0 Å². The van der Waals surface area contributed by atoms with Crippen LogP contribution in [0.1, 0.15) is 5.56 Å². The quantitative estimate of drug-likeness (QED) is 0.643. The standard InChI is InChI=1S/C11H14N2/c1-9-8-13(12(2)3)11-7-5-4-6-10(9)11/h4-8H,1-3H3. The summed E-state index contributed by atoms with van der Waals surface area (Å²) in [5.74, 6) is 0. The number of benzene rings is 1. The lowest BCUT2D eigenvalue weighted by Gasteiger charge is -2.15. The van der Waals surface area contributed by atoms with Crippen molar-refractivity contribution < 1.29 is 0 Å². The molecule has 0 aliphatic carbocycles. The van der Waals surface area contributed by atoms with E-state index in [2.05, 4.69) is 47.1 Å². The molecular formula is C11H14N2. The minimum atomic E-state index is 1.27. The minimum Gasteiger partial charge on any atom is -0.319 e. The van der Waals surface area contributed by atoms with Crippen LogP contribution in [0.3, 0.4) is 0 Å². The maximum absolute atomic E-state index is 2.16. The first-order valence-electron chi connectivity index (χ1n) is 4.44. The Morgan fingerprint density at radius 2 is 1.85 bits per heavy atom. The second kappa shape index (κ2) is 2.80. The summed E-state index contributed by atoms with van der Waals surface area (Å²) < 4.78 is 2.16. The molecule has 1 heterocycles. The lowest BCUT2D eigenvalue weighted by Crippen LogP contribution is -2.23. The maximum Gasteiger partial charge on any atom is 0.0697 e. The molecule has 0 amide bonds. The fraction of sp³-hybridized carbons (Fsp3) is 0.273. The van der Waals surface area contributed by atoms with Gasteiger partial charge in [0.25, 0.3) is 0 Å². The molecule has 0 unspecified atom stereocenters. The van der Waals surface area contributed by atoms with Crippen LogP contribution in [-0.4, -0.2) is 18.8 Å². The molecule has 0 saturated carbocycles. The van der Waals surface area contributed by atoms with Crippen molar-refractivity contribution in [1.29, 1.82) is 0 Å². The molecule has 0 N–H and O–H groups in total. The number of nitrogens with zero attached hydrogens (tertiary/aromatic N) is 2. The first kappa shape index (κ1) is 8.17. The fourth-order valence-corrected chi connectivity index (χ4v) is 1.66. The third-order valence-electron chi connectivity index (χ3n) is 2.32. The van der Waals surface area contributed by atoms with Crippen LogP contribution < -0.4 is 5.01 Å². The highest BCUT2D eigenvalue weighted by atomic mass is 15.5. The molecule has 0 bridgehead atoms. The van der Waals surface area contributed by atoms with Crippen molar-refractivity contribution in [2.45, 2.75) is 6.92 Å². The van der Waals surface area contributed by atoms with Gasteiger partial charge in [0.15, 0.2) is 0 Å². The summed E-state index contributed by atoms with van der Waals surface area (Å²) in [5.41, 5.74) is 2.59. The number of hydrogen-bond donors (Lipinski definition) is 0. The highest BCUT2D eigenvalue weighted by Crippen LogP contribution is 2.19. The normalized spacial score (nSPS) is 10.7. The Labute approximate surface area is 78.4 Å². The van der Waals surface area contributed by atoms with E-state index in [-0.39, 0.29) is 0 Å². The van der Waals surface area contributed by atoms with Gasteiger partial charge in [0.1, 0.15) is 0 Å². The van der Waals surface area contributed by atoms with Crippen LogP contribution in [0.15, 0.2) is 30.5 Å². The van der Waals surface area contributed by atoms with E-state index in [1.54, 1.807) is 0 Å². The lowest BCUT2D eigenvalue weighted by atomic mass is 10.2. The third kappa shape index (κ3) is 1.18. The van der Waals surface area contributed by atoms with E-state index >= 15 is 0 Å². The molecule has 1 aromatic carbocycles. The van der Waals surface area contributed by atoms with Crippen molar-refractivity contribution in [2.75, 3.05) is 19.1 Å². The first-order valence-corrected chi connectivity index (χ1v) is 4.44. The minimum absolute atomic E-state index is 1.27. The van der Waals surface area contributed by atoms with Crippen LogP contribution in [0.4, 0.5) is 0 Å². The van der Waals surface area contributed by atoms with Gasteiger partial charge in [0.05, 0.1) is 5.52 Å². The Morgan fingerprint density at radius 1 is 1.15 bits per heavy atom. The Balaban J connectivity index is 2.78. The van der Waals surface area contributed by atoms with Gasteiger partial charge < -0.3 is 5.01 Å². The Bertz CT molecular complexity index is 427. The highest BCUT2D eigenvalue weighted by molar-refractivity contribution is 5.83. The largest absolute Gasteiger partial charge is 0.319 e. The highest BCUT2D eigenvalue weighted by Gasteiger charge is 2.04. The summed E-state index contributed by atoms with van der Waals surface area (Å²) in [6.45, 7) is 2.14. The van der Waals surface area contributed by atoms with Gasteiger partial charge in [-0.1, -0.05) is 18.2 Å². The zero-order valence-electron chi connectivity index (χ0n) is 8.28. The predicted octanol–water partition coefficient (Wildman–Crippen LogP) is 2.15. The van der Waals surface area contributed by atoms with E-state index in [1.807, 2.05) is 14.1 Å². The molecule has 0 aliphatic rings. The Kier molecular flexibility index (Phi) is 1.76. The van der Waals surface area contributed by atoms with Crippen LogP contribution >= 0.6 is 0 Å². The average molecular weight is 174 g/mol. The van der Waals surface area contributed by atoms with E-state index in [1.165, 1.54) is 16.5 Å². The van der Waals surface area contributed by atoms with E-state index in [4.69, 9.17) is 0 Å². The molecular weight excluding hydrogens is 160 g/mol. The molecule has 13 heavy (non-hydrogen) atoms. The molecule has 0 spiro atoms. The Morgan fingerprint density at radius 3 is 2.54 bits per heavy atom. The van der Waals surface area contributed by atoms with Gasteiger partial charge in [-0.2, -0.15) is 0 Å². The van der Waals surface area contributed by atoms with Crippen LogP contribution in [0, 0.1) is 6.92 Å². The summed E-state index contributed by atoms with van der Waals surface area (Å²) in [6, 6.07) is 8.45. The van der Waals surface area contributed by atoms with Gasteiger partial charge in [-0.15, -0.1) is 0 Å². The van der Waals surface area contributed by atoms with Gasteiger partial charge >= 0.3 is 0 Å². The summed E-state index contributed by atoms with van der Waals surface area (Å²) >= 11 is 0. The van der Waals surface area contributed by atoms with Crippen molar-refractivity contribution >= 4 is 10.9 Å². The SMILES string of the molecule is Cc1cn(N(C)C)c2ccccc12. The number of hydrogen-bond acceptors (Lipinski definition) is 1. The summed E-state index contributed by atoms with van der Waals surface area (Å²) in [4.78, 5) is 0. The summed E-state index contributed by atoms with van der Waals surface area (Å²) in [6.07, 6.45) is 2.16. The monoisotopic (exact) mass is 174 g/mol. The smallest absolute Gasteiger partial charge is 0.0697 e. The van der Waals surface area contributed by atoms with Crippen molar-refractivity contribution in [3.8, 4) is 0 Å². The summed E-state index contributed by atoms with van der Waals surface area (Å²) in [5, 5.41) is 3.41. The van der Waals surface area contributed by atoms with E-state index in [9.17, 15) is 0 Å². The second-order valence-electron chi connectivity index (χ2n) is 3.52. The number of rotatable bonds is 1. The van der Waals surface area contributed by atoms with Crippen LogP contribution in [-0.2, 0) is 0 Å². The topological polar surface area (TPSA) is 8.17 Å². The summed E-state index contributed by atoms with van der Waals surface area (Å²) in [7, 11) is 4.10. The maximum atomic E-state index is 2.16.